The molecule has 19 heavy (non-hydrogen) atoms. The fourth-order valence-corrected chi connectivity index (χ4v) is 2.38. The van der Waals surface area contributed by atoms with Crippen LogP contribution in [0.3, 0.4) is 0 Å². The van der Waals surface area contributed by atoms with Crippen molar-refractivity contribution in [2.24, 2.45) is 0 Å². The second-order valence-electron chi connectivity index (χ2n) is 4.50. The number of halogens is 1. The third-order valence-corrected chi connectivity index (χ3v) is 3.63. The van der Waals surface area contributed by atoms with E-state index in [-0.39, 0.29) is 31.5 Å². The van der Waals surface area contributed by atoms with Crippen molar-refractivity contribution in [3.8, 4) is 0 Å². The molecule has 6 heteroatoms. The van der Waals surface area contributed by atoms with Gasteiger partial charge in [-0.3, -0.25) is 9.59 Å². The molecule has 0 fully saturated rings. The van der Waals surface area contributed by atoms with Crippen molar-refractivity contribution < 1.29 is 14.7 Å². The Kier molecular flexibility index (Phi) is 4.21. The molecule has 0 atom stereocenters. The third-order valence-electron chi connectivity index (χ3n) is 3.14. The summed E-state index contributed by atoms with van der Waals surface area (Å²) in [7, 11) is 1.61. The zero-order valence-corrected chi connectivity index (χ0v) is 12.2. The second kappa shape index (κ2) is 5.71. The predicted octanol–water partition coefficient (Wildman–Crippen LogP) is 0.856. The Bertz CT molecular complexity index is 519. The molecule has 1 N–H and O–H groups in total. The van der Waals surface area contributed by atoms with Gasteiger partial charge in [0.15, 0.2) is 0 Å². The Morgan fingerprint density at radius 1 is 1.53 bits per heavy atom. The molecule has 1 aromatic carbocycles. The Morgan fingerprint density at radius 3 is 2.95 bits per heavy atom. The van der Waals surface area contributed by atoms with Gasteiger partial charge >= 0.3 is 0 Å². The zero-order chi connectivity index (χ0) is 14.0. The van der Waals surface area contributed by atoms with Crippen LogP contribution in [-0.4, -0.2) is 53.5 Å². The minimum Gasteiger partial charge on any atom is -0.395 e. The Balaban J connectivity index is 2.06. The fourth-order valence-electron chi connectivity index (χ4n) is 2.02. The van der Waals surface area contributed by atoms with Crippen LogP contribution >= 0.6 is 15.9 Å². The number of fused-ring (bicyclic) bond motifs is 1. The first-order valence-electron chi connectivity index (χ1n) is 5.95. The number of hydrogen-bond acceptors (Lipinski definition) is 3. The van der Waals surface area contributed by atoms with E-state index in [0.717, 1.165) is 10.0 Å². The molecule has 2 rings (SSSR count). The summed E-state index contributed by atoms with van der Waals surface area (Å²) in [6, 6.07) is 5.55. The summed E-state index contributed by atoms with van der Waals surface area (Å²) in [5.74, 6) is -0.295. The molecule has 0 spiro atoms. The van der Waals surface area contributed by atoms with E-state index in [1.807, 2.05) is 12.1 Å². The lowest BCUT2D eigenvalue weighted by Gasteiger charge is -2.20. The van der Waals surface area contributed by atoms with Gasteiger partial charge < -0.3 is 14.9 Å². The van der Waals surface area contributed by atoms with Crippen LogP contribution in [0.15, 0.2) is 22.7 Å². The zero-order valence-electron chi connectivity index (χ0n) is 10.6. The molecule has 0 bridgehead atoms. The molecule has 0 saturated heterocycles. The summed E-state index contributed by atoms with van der Waals surface area (Å²) in [6.45, 7) is 0.699. The van der Waals surface area contributed by atoms with E-state index >= 15 is 0 Å². The molecule has 0 radical (unpaired) electrons. The van der Waals surface area contributed by atoms with E-state index in [0.29, 0.717) is 12.1 Å². The normalized spacial score (nSPS) is 13.6. The van der Waals surface area contributed by atoms with Gasteiger partial charge in [-0.15, -0.1) is 0 Å². The van der Waals surface area contributed by atoms with Crippen LogP contribution in [0.25, 0.3) is 0 Å². The quantitative estimate of drug-likeness (QED) is 0.892. The summed E-state index contributed by atoms with van der Waals surface area (Å²) in [5, 5.41) is 8.79. The number of likely N-dealkylation sites (N-methyl/N-ethyl adjacent to an activating group) is 1. The topological polar surface area (TPSA) is 60.9 Å². The molecular formula is C13H15BrN2O3. The smallest absolute Gasteiger partial charge is 0.255 e. The molecule has 0 saturated carbocycles. The highest BCUT2D eigenvalue weighted by Gasteiger charge is 2.29. The number of carbonyl (C=O) groups excluding carboxylic acids is 2. The Hall–Kier alpha value is -1.40. The molecule has 102 valence electrons. The standard InChI is InChI=1S/C13H15BrN2O3/c1-15(4-5-17)12(18)8-16-7-9-2-3-10(14)6-11(9)13(16)19/h2-3,6,17H,4-5,7-8H2,1H3. The van der Waals surface area contributed by atoms with Crippen molar-refractivity contribution in [1.82, 2.24) is 9.80 Å². The first-order valence-corrected chi connectivity index (χ1v) is 6.74. The number of amides is 2. The maximum atomic E-state index is 12.1. The van der Waals surface area contributed by atoms with Crippen LogP contribution < -0.4 is 0 Å². The Labute approximate surface area is 119 Å². The van der Waals surface area contributed by atoms with Gasteiger partial charge in [0, 0.05) is 30.2 Å². The number of benzene rings is 1. The van der Waals surface area contributed by atoms with Crippen LogP contribution in [0.4, 0.5) is 0 Å². The summed E-state index contributed by atoms with van der Waals surface area (Å²) in [4.78, 5) is 27.0. The van der Waals surface area contributed by atoms with Crippen LogP contribution in [0.5, 0.6) is 0 Å². The van der Waals surface area contributed by atoms with Gasteiger partial charge in [0.25, 0.3) is 5.91 Å². The number of hydrogen-bond donors (Lipinski definition) is 1. The molecular weight excluding hydrogens is 312 g/mol. The summed E-state index contributed by atoms with van der Waals surface area (Å²) < 4.78 is 0.852. The first kappa shape index (κ1) is 14.0. The summed E-state index contributed by atoms with van der Waals surface area (Å²) in [6.07, 6.45) is 0. The van der Waals surface area contributed by atoms with Crippen molar-refractivity contribution in [2.45, 2.75) is 6.54 Å². The van der Waals surface area contributed by atoms with Gasteiger partial charge in [0.1, 0.15) is 6.54 Å². The maximum absolute atomic E-state index is 12.1. The lowest BCUT2D eigenvalue weighted by molar-refractivity contribution is -0.131. The fraction of sp³-hybridized carbons (Fsp3) is 0.385. The molecule has 1 aromatic rings. The predicted molar refractivity (Wildman–Crippen MR) is 73.6 cm³/mol. The Morgan fingerprint density at radius 2 is 2.26 bits per heavy atom. The summed E-state index contributed by atoms with van der Waals surface area (Å²) >= 11 is 3.33. The van der Waals surface area contributed by atoms with E-state index in [4.69, 9.17) is 5.11 Å². The minimum absolute atomic E-state index is 0.0433. The second-order valence-corrected chi connectivity index (χ2v) is 5.42. The van der Waals surface area contributed by atoms with E-state index in [9.17, 15) is 9.59 Å². The van der Waals surface area contributed by atoms with Crippen LogP contribution in [0.2, 0.25) is 0 Å². The van der Waals surface area contributed by atoms with Gasteiger partial charge in [-0.05, 0) is 17.7 Å². The molecule has 0 unspecified atom stereocenters. The first-order chi connectivity index (χ1) is 9.02. The average molecular weight is 327 g/mol. The largest absolute Gasteiger partial charge is 0.395 e. The lowest BCUT2D eigenvalue weighted by atomic mass is 10.1. The number of aliphatic hydroxyl groups is 1. The van der Waals surface area contributed by atoms with E-state index in [2.05, 4.69) is 15.9 Å². The molecule has 2 amide bonds. The number of aliphatic hydroxyl groups excluding tert-OH is 1. The van der Waals surface area contributed by atoms with Gasteiger partial charge in [-0.2, -0.15) is 0 Å². The number of nitrogens with zero attached hydrogens (tertiary/aromatic N) is 2. The highest BCUT2D eigenvalue weighted by molar-refractivity contribution is 9.10. The van der Waals surface area contributed by atoms with Crippen LogP contribution in [0.1, 0.15) is 15.9 Å². The molecule has 1 aliphatic rings. The molecule has 1 aliphatic heterocycles. The molecule has 1 heterocycles. The monoisotopic (exact) mass is 326 g/mol. The van der Waals surface area contributed by atoms with Crippen LogP contribution in [0, 0.1) is 0 Å². The number of carbonyl (C=O) groups is 2. The van der Waals surface area contributed by atoms with Crippen molar-refractivity contribution >= 4 is 27.7 Å². The van der Waals surface area contributed by atoms with Gasteiger partial charge in [-0.1, -0.05) is 22.0 Å². The van der Waals surface area contributed by atoms with Crippen molar-refractivity contribution in [1.29, 1.82) is 0 Å². The van der Waals surface area contributed by atoms with Crippen molar-refractivity contribution in [3.63, 3.8) is 0 Å². The molecule has 5 nitrogen and oxygen atoms in total. The van der Waals surface area contributed by atoms with E-state index in [1.54, 1.807) is 13.1 Å². The van der Waals surface area contributed by atoms with Crippen molar-refractivity contribution in [3.05, 3.63) is 33.8 Å². The third kappa shape index (κ3) is 2.96. The summed E-state index contributed by atoms with van der Waals surface area (Å²) in [5.41, 5.74) is 1.58. The molecule has 0 aliphatic carbocycles. The lowest BCUT2D eigenvalue weighted by Crippen LogP contribution is -2.39. The van der Waals surface area contributed by atoms with Crippen molar-refractivity contribution in [2.75, 3.05) is 26.7 Å². The average Bonchev–Trinajstić information content (AvgIpc) is 2.67. The maximum Gasteiger partial charge on any atom is 0.255 e. The minimum atomic E-state index is -0.172. The van der Waals surface area contributed by atoms with Gasteiger partial charge in [-0.25, -0.2) is 0 Å². The molecule has 0 aromatic heterocycles. The number of rotatable bonds is 4. The van der Waals surface area contributed by atoms with Gasteiger partial charge in [0.2, 0.25) is 5.91 Å². The van der Waals surface area contributed by atoms with Crippen LogP contribution in [-0.2, 0) is 11.3 Å². The highest BCUT2D eigenvalue weighted by Crippen LogP contribution is 2.25. The van der Waals surface area contributed by atoms with E-state index in [1.165, 1.54) is 9.80 Å². The van der Waals surface area contributed by atoms with E-state index < -0.39 is 0 Å². The highest BCUT2D eigenvalue weighted by atomic mass is 79.9. The SMILES string of the molecule is CN(CCO)C(=O)CN1Cc2ccc(Br)cc2C1=O. The van der Waals surface area contributed by atoms with Gasteiger partial charge in [0.05, 0.1) is 6.61 Å².